The average molecular weight is 250 g/mol. The summed E-state index contributed by atoms with van der Waals surface area (Å²) in [5.74, 6) is -0.0519. The summed E-state index contributed by atoms with van der Waals surface area (Å²) in [6.07, 6.45) is 0. The lowest BCUT2D eigenvalue weighted by Crippen LogP contribution is -2.27. The molecule has 15 heavy (non-hydrogen) atoms. The van der Waals surface area contributed by atoms with Gasteiger partial charge in [0.1, 0.15) is 5.75 Å². The van der Waals surface area contributed by atoms with E-state index >= 15 is 0 Å². The second-order valence-electron chi connectivity index (χ2n) is 2.59. The Hall–Kier alpha value is -0.970. The number of carbonyl (C=O) groups excluding carboxylic acids is 1. The zero-order chi connectivity index (χ0) is 11.3. The van der Waals surface area contributed by atoms with Crippen molar-refractivity contribution in [2.45, 2.75) is 0 Å². The van der Waals surface area contributed by atoms with E-state index in [1.165, 1.54) is 13.2 Å². The summed E-state index contributed by atoms with van der Waals surface area (Å²) in [6.45, 7) is -0.187. The molecule has 1 amide bonds. The van der Waals surface area contributed by atoms with Crippen molar-refractivity contribution in [1.29, 1.82) is 0 Å². The maximum Gasteiger partial charge on any atom is 0.281 e. The quantitative estimate of drug-likeness (QED) is 0.832. The average Bonchev–Trinajstić information content (AvgIpc) is 2.20. The summed E-state index contributed by atoms with van der Waals surface area (Å²) < 4.78 is 5.12. The van der Waals surface area contributed by atoms with Crippen molar-refractivity contribution in [1.82, 2.24) is 5.48 Å². The SMILES string of the molecule is CONC(=O)COc1cc(Cl)ccc1Cl. The third kappa shape index (κ3) is 3.95. The summed E-state index contributed by atoms with van der Waals surface area (Å²) >= 11 is 11.5. The molecule has 1 rings (SSSR count). The van der Waals surface area contributed by atoms with Gasteiger partial charge < -0.3 is 4.74 Å². The minimum Gasteiger partial charge on any atom is -0.482 e. The van der Waals surface area contributed by atoms with Crippen LogP contribution in [-0.2, 0) is 9.63 Å². The molecule has 0 aromatic heterocycles. The lowest BCUT2D eigenvalue weighted by Gasteiger charge is -2.07. The largest absolute Gasteiger partial charge is 0.482 e. The number of hydrogen-bond donors (Lipinski definition) is 1. The molecule has 0 aliphatic heterocycles. The highest BCUT2D eigenvalue weighted by Crippen LogP contribution is 2.27. The Morgan fingerprint density at radius 3 is 2.87 bits per heavy atom. The summed E-state index contributed by atoms with van der Waals surface area (Å²) in [6, 6.07) is 4.75. The monoisotopic (exact) mass is 249 g/mol. The summed E-state index contributed by atoms with van der Waals surface area (Å²) in [4.78, 5) is 15.4. The third-order valence-corrected chi connectivity index (χ3v) is 2.02. The number of rotatable bonds is 4. The molecule has 1 N–H and O–H groups in total. The Labute approximate surface area is 97.0 Å². The molecule has 0 unspecified atom stereocenters. The number of nitrogens with one attached hydrogen (secondary N) is 1. The summed E-state index contributed by atoms with van der Waals surface area (Å²) in [5, 5.41) is 0.881. The van der Waals surface area contributed by atoms with Crippen LogP contribution in [0.25, 0.3) is 0 Å². The van der Waals surface area contributed by atoms with Gasteiger partial charge in [0.15, 0.2) is 6.61 Å². The second-order valence-corrected chi connectivity index (χ2v) is 3.44. The van der Waals surface area contributed by atoms with Gasteiger partial charge in [-0.1, -0.05) is 23.2 Å². The van der Waals surface area contributed by atoms with Gasteiger partial charge in [-0.2, -0.15) is 0 Å². The fourth-order valence-electron chi connectivity index (χ4n) is 0.874. The Morgan fingerprint density at radius 2 is 2.20 bits per heavy atom. The first kappa shape index (κ1) is 12.1. The van der Waals surface area contributed by atoms with E-state index in [2.05, 4.69) is 10.3 Å². The Morgan fingerprint density at radius 1 is 1.47 bits per heavy atom. The Kier molecular flexibility index (Phi) is 4.68. The summed E-state index contributed by atoms with van der Waals surface area (Å²) in [5.41, 5.74) is 2.11. The molecule has 0 spiro atoms. The van der Waals surface area contributed by atoms with E-state index in [1.54, 1.807) is 12.1 Å². The number of halogens is 2. The molecular formula is C9H9Cl2NO3. The molecule has 1 aromatic carbocycles. The lowest BCUT2D eigenvalue weighted by atomic mass is 10.3. The van der Waals surface area contributed by atoms with E-state index < -0.39 is 5.91 Å². The smallest absolute Gasteiger partial charge is 0.281 e. The summed E-state index contributed by atoms with van der Waals surface area (Å²) in [7, 11) is 1.34. The van der Waals surface area contributed by atoms with Gasteiger partial charge in [-0.25, -0.2) is 5.48 Å². The normalized spacial score (nSPS) is 9.80. The van der Waals surface area contributed by atoms with Gasteiger partial charge >= 0.3 is 0 Å². The van der Waals surface area contributed by atoms with Crippen LogP contribution < -0.4 is 10.2 Å². The van der Waals surface area contributed by atoms with Crippen molar-refractivity contribution in [3.05, 3.63) is 28.2 Å². The number of hydrogen-bond acceptors (Lipinski definition) is 3. The maximum absolute atomic E-state index is 11.0. The molecule has 6 heteroatoms. The highest BCUT2D eigenvalue weighted by atomic mass is 35.5. The first-order valence-corrected chi connectivity index (χ1v) is 4.78. The van der Waals surface area contributed by atoms with E-state index in [1.807, 2.05) is 0 Å². The number of amides is 1. The Balaban J connectivity index is 2.57. The maximum atomic E-state index is 11.0. The van der Waals surface area contributed by atoms with Crippen molar-refractivity contribution in [3.63, 3.8) is 0 Å². The number of carbonyl (C=O) groups is 1. The molecule has 0 saturated heterocycles. The van der Waals surface area contributed by atoms with Gasteiger partial charge in [0.2, 0.25) is 0 Å². The molecule has 0 radical (unpaired) electrons. The van der Waals surface area contributed by atoms with Crippen molar-refractivity contribution < 1.29 is 14.4 Å². The molecule has 0 bridgehead atoms. The first-order valence-electron chi connectivity index (χ1n) is 4.03. The second kappa shape index (κ2) is 5.80. The predicted octanol–water partition coefficient (Wildman–Crippen LogP) is 2.05. The number of benzene rings is 1. The van der Waals surface area contributed by atoms with Crippen molar-refractivity contribution in [2.75, 3.05) is 13.7 Å². The molecule has 0 atom stereocenters. The topological polar surface area (TPSA) is 47.6 Å². The predicted molar refractivity (Wildman–Crippen MR) is 57.1 cm³/mol. The van der Waals surface area contributed by atoms with Crippen LogP contribution >= 0.6 is 23.2 Å². The lowest BCUT2D eigenvalue weighted by molar-refractivity contribution is -0.133. The van der Waals surface area contributed by atoms with E-state index in [-0.39, 0.29) is 6.61 Å². The van der Waals surface area contributed by atoms with Gasteiger partial charge in [-0.05, 0) is 12.1 Å². The van der Waals surface area contributed by atoms with Crippen LogP contribution in [0.2, 0.25) is 10.0 Å². The van der Waals surface area contributed by atoms with Crippen LogP contribution in [0.4, 0.5) is 0 Å². The van der Waals surface area contributed by atoms with E-state index in [0.29, 0.717) is 15.8 Å². The molecule has 0 saturated carbocycles. The molecule has 1 aromatic rings. The molecule has 0 aliphatic carbocycles. The first-order chi connectivity index (χ1) is 7.13. The van der Waals surface area contributed by atoms with Crippen molar-refractivity contribution in [2.24, 2.45) is 0 Å². The van der Waals surface area contributed by atoms with Crippen LogP contribution in [0.5, 0.6) is 5.75 Å². The van der Waals surface area contributed by atoms with Gasteiger partial charge in [-0.3, -0.25) is 9.63 Å². The zero-order valence-electron chi connectivity index (χ0n) is 7.92. The van der Waals surface area contributed by atoms with Gasteiger partial charge in [0, 0.05) is 11.1 Å². The molecule has 0 aliphatic rings. The number of hydroxylamine groups is 1. The van der Waals surface area contributed by atoms with Gasteiger partial charge in [0.25, 0.3) is 5.91 Å². The molecule has 0 heterocycles. The van der Waals surface area contributed by atoms with Crippen LogP contribution in [0.1, 0.15) is 0 Å². The highest BCUT2D eigenvalue weighted by molar-refractivity contribution is 6.34. The molecule has 0 fully saturated rings. The van der Waals surface area contributed by atoms with E-state index in [4.69, 9.17) is 27.9 Å². The van der Waals surface area contributed by atoms with Crippen LogP contribution in [-0.4, -0.2) is 19.6 Å². The third-order valence-electron chi connectivity index (χ3n) is 1.47. The molecule has 4 nitrogen and oxygen atoms in total. The van der Waals surface area contributed by atoms with E-state index in [9.17, 15) is 4.79 Å². The molecule has 82 valence electrons. The van der Waals surface area contributed by atoms with E-state index in [0.717, 1.165) is 0 Å². The van der Waals surface area contributed by atoms with Gasteiger partial charge in [-0.15, -0.1) is 0 Å². The fraction of sp³-hybridized carbons (Fsp3) is 0.222. The Bertz CT molecular complexity index is 357. The highest BCUT2D eigenvalue weighted by Gasteiger charge is 2.05. The van der Waals surface area contributed by atoms with Crippen molar-refractivity contribution >= 4 is 29.1 Å². The fourth-order valence-corrected chi connectivity index (χ4v) is 1.21. The van der Waals surface area contributed by atoms with Gasteiger partial charge in [0.05, 0.1) is 12.1 Å². The number of ether oxygens (including phenoxy) is 1. The van der Waals surface area contributed by atoms with Crippen LogP contribution in [0, 0.1) is 0 Å². The molecular weight excluding hydrogens is 241 g/mol. The minimum absolute atomic E-state index is 0.187. The van der Waals surface area contributed by atoms with Crippen LogP contribution in [0.3, 0.4) is 0 Å². The minimum atomic E-state index is -0.409. The zero-order valence-corrected chi connectivity index (χ0v) is 9.43. The standard InChI is InChI=1S/C9H9Cl2NO3/c1-14-12-9(13)5-15-8-4-6(10)2-3-7(8)11/h2-4H,5H2,1H3,(H,12,13). The van der Waals surface area contributed by atoms with Crippen molar-refractivity contribution in [3.8, 4) is 5.75 Å². The van der Waals surface area contributed by atoms with Crippen LogP contribution in [0.15, 0.2) is 18.2 Å².